The third kappa shape index (κ3) is 3.21. The average molecular weight is 409 g/mol. The monoisotopic (exact) mass is 409 g/mol. The Kier molecular flexibility index (Phi) is 5.46. The number of nitrogens with zero attached hydrogens (tertiary/aromatic N) is 1. The summed E-state index contributed by atoms with van der Waals surface area (Å²) >= 11 is 0. The number of amides is 1. The minimum Gasteiger partial charge on any atom is -0.493 e. The van der Waals surface area contributed by atoms with Crippen molar-refractivity contribution >= 4 is 16.9 Å². The summed E-state index contributed by atoms with van der Waals surface area (Å²) in [6.45, 7) is 3.03. The van der Waals surface area contributed by atoms with Gasteiger partial charge in [-0.15, -0.1) is 0 Å². The molecule has 0 bridgehead atoms. The number of carbonyl (C=O) groups is 1. The molecule has 2 heterocycles. The lowest BCUT2D eigenvalue weighted by Gasteiger charge is -2.25. The molecule has 7 heteroatoms. The van der Waals surface area contributed by atoms with Crippen LogP contribution in [0.15, 0.2) is 51.7 Å². The normalized spacial score (nSPS) is 15.5. The van der Waals surface area contributed by atoms with E-state index in [1.54, 1.807) is 55.5 Å². The molecule has 0 aliphatic carbocycles. The first-order valence-electron chi connectivity index (χ1n) is 9.77. The molecule has 7 nitrogen and oxygen atoms in total. The lowest BCUT2D eigenvalue weighted by Crippen LogP contribution is -2.32. The molecule has 4 rings (SSSR count). The fourth-order valence-electron chi connectivity index (χ4n) is 3.86. The standard InChI is InChI=1S/C23H23NO6/c1-4-29-17-10-9-14(13-18(17)28-3)20-19-21(25)15-7-5-6-8-16(15)30-22(19)23(26)24(20)11-12-27-2/h5-10,13,20H,4,11-12H2,1-3H3/t20-/m1/s1. The highest BCUT2D eigenvalue weighted by molar-refractivity contribution is 5.99. The third-order valence-corrected chi connectivity index (χ3v) is 5.21. The fraction of sp³-hybridized carbons (Fsp3) is 0.304. The van der Waals surface area contributed by atoms with Crippen LogP contribution in [0.25, 0.3) is 11.0 Å². The molecule has 3 aromatic rings. The SMILES string of the molecule is CCOc1ccc([C@@H]2c3c(oc4ccccc4c3=O)C(=O)N2CCOC)cc1OC. The molecule has 156 valence electrons. The van der Waals surface area contributed by atoms with Gasteiger partial charge < -0.3 is 23.5 Å². The minimum atomic E-state index is -0.604. The van der Waals surface area contributed by atoms with Crippen molar-refractivity contribution in [1.29, 1.82) is 0 Å². The summed E-state index contributed by atoms with van der Waals surface area (Å²) in [5.41, 5.74) is 1.26. The van der Waals surface area contributed by atoms with Gasteiger partial charge in [0.15, 0.2) is 16.9 Å². The van der Waals surface area contributed by atoms with Crippen molar-refractivity contribution in [1.82, 2.24) is 4.90 Å². The largest absolute Gasteiger partial charge is 0.493 e. The van der Waals surface area contributed by atoms with Gasteiger partial charge in [-0.25, -0.2) is 0 Å². The van der Waals surface area contributed by atoms with E-state index in [1.165, 1.54) is 0 Å². The first-order chi connectivity index (χ1) is 14.6. The Balaban J connectivity index is 1.92. The average Bonchev–Trinajstić information content (AvgIpc) is 3.05. The minimum absolute atomic E-state index is 0.0765. The van der Waals surface area contributed by atoms with Crippen LogP contribution in [0.4, 0.5) is 0 Å². The van der Waals surface area contributed by atoms with Crippen molar-refractivity contribution in [3.05, 3.63) is 69.6 Å². The molecule has 0 spiro atoms. The van der Waals surface area contributed by atoms with Crippen molar-refractivity contribution in [3.8, 4) is 11.5 Å². The van der Waals surface area contributed by atoms with Crippen LogP contribution in [0.3, 0.4) is 0 Å². The number of hydrogen-bond acceptors (Lipinski definition) is 6. The number of carbonyl (C=O) groups excluding carboxylic acids is 1. The Morgan fingerprint density at radius 2 is 1.87 bits per heavy atom. The van der Waals surface area contributed by atoms with Crippen LogP contribution in [0.2, 0.25) is 0 Å². The Morgan fingerprint density at radius 1 is 1.07 bits per heavy atom. The van der Waals surface area contributed by atoms with Crippen molar-refractivity contribution < 1.29 is 23.4 Å². The van der Waals surface area contributed by atoms with E-state index in [4.69, 9.17) is 18.6 Å². The quantitative estimate of drug-likeness (QED) is 0.595. The van der Waals surface area contributed by atoms with E-state index in [0.29, 0.717) is 47.8 Å². The second-order valence-electron chi connectivity index (χ2n) is 6.91. The summed E-state index contributed by atoms with van der Waals surface area (Å²) in [6.07, 6.45) is 0. The van der Waals surface area contributed by atoms with Crippen LogP contribution in [-0.2, 0) is 4.74 Å². The molecule has 0 saturated heterocycles. The highest BCUT2D eigenvalue weighted by atomic mass is 16.5. The Bertz CT molecular complexity index is 1150. The van der Waals surface area contributed by atoms with Gasteiger partial charge in [0, 0.05) is 13.7 Å². The number of fused-ring (bicyclic) bond motifs is 2. The molecule has 1 amide bonds. The Morgan fingerprint density at radius 3 is 2.60 bits per heavy atom. The molecule has 0 N–H and O–H groups in total. The van der Waals surface area contributed by atoms with E-state index >= 15 is 0 Å². The second kappa shape index (κ2) is 8.20. The van der Waals surface area contributed by atoms with Crippen LogP contribution in [-0.4, -0.2) is 44.8 Å². The Hall–Kier alpha value is -3.32. The molecule has 30 heavy (non-hydrogen) atoms. The van der Waals surface area contributed by atoms with Crippen LogP contribution >= 0.6 is 0 Å². The van der Waals surface area contributed by atoms with Gasteiger partial charge in [0.05, 0.1) is 37.3 Å². The van der Waals surface area contributed by atoms with Gasteiger partial charge in [0.1, 0.15) is 5.58 Å². The van der Waals surface area contributed by atoms with E-state index in [1.807, 2.05) is 13.0 Å². The summed E-state index contributed by atoms with van der Waals surface area (Å²) in [6, 6.07) is 11.8. The summed E-state index contributed by atoms with van der Waals surface area (Å²) < 4.78 is 22.2. The number of benzene rings is 2. The summed E-state index contributed by atoms with van der Waals surface area (Å²) in [7, 11) is 3.13. The van der Waals surface area contributed by atoms with Crippen molar-refractivity contribution in [2.45, 2.75) is 13.0 Å². The number of ether oxygens (including phenoxy) is 3. The second-order valence-corrected chi connectivity index (χ2v) is 6.91. The molecule has 1 aromatic heterocycles. The zero-order valence-electron chi connectivity index (χ0n) is 17.1. The van der Waals surface area contributed by atoms with E-state index in [2.05, 4.69) is 0 Å². The van der Waals surface area contributed by atoms with Crippen LogP contribution in [0.1, 0.15) is 34.6 Å². The molecule has 0 fully saturated rings. The topological polar surface area (TPSA) is 78.2 Å². The third-order valence-electron chi connectivity index (χ3n) is 5.21. The lowest BCUT2D eigenvalue weighted by atomic mass is 9.98. The maximum atomic E-state index is 13.4. The van der Waals surface area contributed by atoms with Gasteiger partial charge in [0.2, 0.25) is 5.76 Å². The smallest absolute Gasteiger partial charge is 0.290 e. The zero-order chi connectivity index (χ0) is 21.3. The van der Waals surface area contributed by atoms with E-state index in [0.717, 1.165) is 5.56 Å². The molecule has 0 unspecified atom stereocenters. The first-order valence-corrected chi connectivity index (χ1v) is 9.77. The van der Waals surface area contributed by atoms with Gasteiger partial charge in [-0.1, -0.05) is 18.2 Å². The molecule has 1 aliphatic rings. The van der Waals surface area contributed by atoms with Gasteiger partial charge in [-0.3, -0.25) is 9.59 Å². The molecule has 0 radical (unpaired) electrons. The van der Waals surface area contributed by atoms with Crippen LogP contribution in [0, 0.1) is 0 Å². The van der Waals surface area contributed by atoms with Gasteiger partial charge in [-0.05, 0) is 36.8 Å². The predicted octanol–water partition coefficient (Wildman–Crippen LogP) is 3.39. The van der Waals surface area contributed by atoms with E-state index in [9.17, 15) is 9.59 Å². The number of methoxy groups -OCH3 is 2. The van der Waals surface area contributed by atoms with Gasteiger partial charge >= 0.3 is 0 Å². The predicted molar refractivity (Wildman–Crippen MR) is 111 cm³/mol. The fourth-order valence-corrected chi connectivity index (χ4v) is 3.86. The van der Waals surface area contributed by atoms with Crippen molar-refractivity contribution in [2.24, 2.45) is 0 Å². The maximum Gasteiger partial charge on any atom is 0.290 e. The highest BCUT2D eigenvalue weighted by Crippen LogP contribution is 2.40. The summed E-state index contributed by atoms with van der Waals surface area (Å²) in [5, 5.41) is 0.445. The lowest BCUT2D eigenvalue weighted by molar-refractivity contribution is 0.0663. The summed E-state index contributed by atoms with van der Waals surface area (Å²) in [5.74, 6) is 0.879. The van der Waals surface area contributed by atoms with Gasteiger partial charge in [0.25, 0.3) is 5.91 Å². The number of hydrogen-bond donors (Lipinski definition) is 0. The number of rotatable bonds is 7. The first kappa shape index (κ1) is 20.0. The molecule has 1 aliphatic heterocycles. The molecule has 2 aromatic carbocycles. The molecule has 1 atom stereocenters. The summed E-state index contributed by atoms with van der Waals surface area (Å²) in [4.78, 5) is 28.2. The molecular formula is C23H23NO6. The zero-order valence-corrected chi connectivity index (χ0v) is 17.1. The van der Waals surface area contributed by atoms with Crippen molar-refractivity contribution in [3.63, 3.8) is 0 Å². The highest BCUT2D eigenvalue weighted by Gasteiger charge is 2.42. The Labute approximate surface area is 173 Å². The van der Waals surface area contributed by atoms with Crippen LogP contribution in [0.5, 0.6) is 11.5 Å². The van der Waals surface area contributed by atoms with Gasteiger partial charge in [-0.2, -0.15) is 0 Å². The van der Waals surface area contributed by atoms with Crippen molar-refractivity contribution in [2.75, 3.05) is 34.0 Å². The number of para-hydroxylation sites is 1. The van der Waals surface area contributed by atoms with E-state index in [-0.39, 0.29) is 17.1 Å². The molecular weight excluding hydrogens is 386 g/mol. The van der Waals surface area contributed by atoms with E-state index < -0.39 is 6.04 Å². The molecule has 0 saturated carbocycles. The maximum absolute atomic E-state index is 13.4. The van der Waals surface area contributed by atoms with Crippen LogP contribution < -0.4 is 14.9 Å².